The van der Waals surface area contributed by atoms with E-state index in [2.05, 4.69) is 36.5 Å². The molecule has 24 heavy (non-hydrogen) atoms. The first-order chi connectivity index (χ1) is 11.6. The highest BCUT2D eigenvalue weighted by Gasteiger charge is 2.09. The summed E-state index contributed by atoms with van der Waals surface area (Å²) in [4.78, 5) is 16.9. The molecule has 0 aliphatic rings. The molecular formula is C20H24N2O2. The predicted octanol–water partition coefficient (Wildman–Crippen LogP) is 4.04. The van der Waals surface area contributed by atoms with Crippen molar-refractivity contribution in [3.63, 3.8) is 0 Å². The van der Waals surface area contributed by atoms with E-state index >= 15 is 0 Å². The maximum Gasteiger partial charge on any atom is 0.261 e. The zero-order valence-corrected chi connectivity index (χ0v) is 14.4. The van der Waals surface area contributed by atoms with Crippen LogP contribution in [0.15, 0.2) is 59.8 Å². The Morgan fingerprint density at radius 3 is 2.33 bits per heavy atom. The number of benzene rings is 2. The molecule has 0 saturated carbocycles. The number of carbonyl (C=O) groups is 1. The Balaban J connectivity index is 1.75. The maximum absolute atomic E-state index is 11.8. The molecule has 0 saturated heterocycles. The fourth-order valence-corrected chi connectivity index (χ4v) is 2.27. The molecule has 0 heterocycles. The van der Waals surface area contributed by atoms with Gasteiger partial charge in [-0.2, -0.15) is 0 Å². The standard InChI is InChI=1S/C20H24N2O2/c1-15(2)18-11-9-17(10-12-18)13-21-24-14-20(23)22-16(3)19-7-5-4-6-8-19/h4-13,15-16H,14H2,1-3H3,(H,22,23)/b21-13-/t16-/m0/s1. The number of amides is 1. The molecule has 4 heteroatoms. The van der Waals surface area contributed by atoms with E-state index in [0.717, 1.165) is 11.1 Å². The molecule has 0 bridgehead atoms. The molecular weight excluding hydrogens is 300 g/mol. The Kier molecular flexibility index (Phi) is 6.55. The molecule has 2 aromatic rings. The average molecular weight is 324 g/mol. The molecule has 0 aliphatic heterocycles. The Hall–Kier alpha value is -2.62. The summed E-state index contributed by atoms with van der Waals surface area (Å²) in [5, 5.41) is 6.73. The number of carbonyl (C=O) groups excluding carboxylic acids is 1. The third-order valence-electron chi connectivity index (χ3n) is 3.75. The summed E-state index contributed by atoms with van der Waals surface area (Å²) in [7, 11) is 0. The van der Waals surface area contributed by atoms with Gasteiger partial charge in [-0.3, -0.25) is 4.79 Å². The molecule has 2 aromatic carbocycles. The topological polar surface area (TPSA) is 50.7 Å². The van der Waals surface area contributed by atoms with Crippen molar-refractivity contribution in [1.82, 2.24) is 5.32 Å². The highest BCUT2D eigenvalue weighted by atomic mass is 16.6. The first-order valence-electron chi connectivity index (χ1n) is 8.16. The number of rotatable bonds is 7. The first-order valence-corrected chi connectivity index (χ1v) is 8.16. The average Bonchev–Trinajstić information content (AvgIpc) is 2.60. The lowest BCUT2D eigenvalue weighted by atomic mass is 10.0. The number of hydrogen-bond acceptors (Lipinski definition) is 3. The van der Waals surface area contributed by atoms with E-state index in [4.69, 9.17) is 4.84 Å². The Morgan fingerprint density at radius 1 is 1.04 bits per heavy atom. The lowest BCUT2D eigenvalue weighted by Gasteiger charge is -2.13. The number of hydrogen-bond donors (Lipinski definition) is 1. The molecule has 0 aromatic heterocycles. The molecule has 0 unspecified atom stereocenters. The maximum atomic E-state index is 11.8. The van der Waals surface area contributed by atoms with E-state index in [0.29, 0.717) is 5.92 Å². The van der Waals surface area contributed by atoms with Crippen LogP contribution in [-0.4, -0.2) is 18.7 Å². The molecule has 126 valence electrons. The van der Waals surface area contributed by atoms with Crippen molar-refractivity contribution in [2.24, 2.45) is 5.16 Å². The minimum absolute atomic E-state index is 0.0603. The zero-order valence-electron chi connectivity index (χ0n) is 14.4. The van der Waals surface area contributed by atoms with Gasteiger partial charge in [-0.05, 0) is 29.5 Å². The van der Waals surface area contributed by atoms with Gasteiger partial charge in [-0.25, -0.2) is 0 Å². The molecule has 1 atom stereocenters. The van der Waals surface area contributed by atoms with E-state index in [1.807, 2.05) is 49.4 Å². The van der Waals surface area contributed by atoms with Crippen LogP contribution >= 0.6 is 0 Å². The quantitative estimate of drug-likeness (QED) is 0.617. The van der Waals surface area contributed by atoms with E-state index < -0.39 is 0 Å². The lowest BCUT2D eigenvalue weighted by molar-refractivity contribution is -0.126. The monoisotopic (exact) mass is 324 g/mol. The van der Waals surface area contributed by atoms with Crippen LogP contribution in [0.1, 0.15) is 49.4 Å². The van der Waals surface area contributed by atoms with Crippen molar-refractivity contribution in [1.29, 1.82) is 0 Å². The summed E-state index contributed by atoms with van der Waals surface area (Å²) >= 11 is 0. The molecule has 0 fully saturated rings. The van der Waals surface area contributed by atoms with Crippen LogP contribution in [0, 0.1) is 0 Å². The van der Waals surface area contributed by atoms with Gasteiger partial charge in [0.15, 0.2) is 6.61 Å². The second-order valence-corrected chi connectivity index (χ2v) is 6.03. The molecule has 1 amide bonds. The van der Waals surface area contributed by atoms with E-state index in [-0.39, 0.29) is 18.6 Å². The predicted molar refractivity (Wildman–Crippen MR) is 97.1 cm³/mol. The van der Waals surface area contributed by atoms with Crippen molar-refractivity contribution < 1.29 is 9.63 Å². The van der Waals surface area contributed by atoms with Crippen LogP contribution in [0.25, 0.3) is 0 Å². The van der Waals surface area contributed by atoms with Crippen LogP contribution in [0.2, 0.25) is 0 Å². The smallest absolute Gasteiger partial charge is 0.261 e. The summed E-state index contributed by atoms with van der Waals surface area (Å²) in [5.41, 5.74) is 3.28. The Morgan fingerprint density at radius 2 is 1.71 bits per heavy atom. The van der Waals surface area contributed by atoms with Crippen molar-refractivity contribution in [3.05, 3.63) is 71.3 Å². The normalized spacial score (nSPS) is 12.3. The summed E-state index contributed by atoms with van der Waals surface area (Å²) in [6.07, 6.45) is 1.61. The lowest BCUT2D eigenvalue weighted by Crippen LogP contribution is -2.29. The highest BCUT2D eigenvalue weighted by Crippen LogP contribution is 2.14. The fourth-order valence-electron chi connectivity index (χ4n) is 2.27. The van der Waals surface area contributed by atoms with Gasteiger partial charge in [0.2, 0.25) is 0 Å². The van der Waals surface area contributed by atoms with Crippen molar-refractivity contribution in [2.45, 2.75) is 32.7 Å². The zero-order chi connectivity index (χ0) is 17.4. The second-order valence-electron chi connectivity index (χ2n) is 6.03. The van der Waals surface area contributed by atoms with Gasteiger partial charge in [0, 0.05) is 0 Å². The second kappa shape index (κ2) is 8.87. The molecule has 0 aliphatic carbocycles. The van der Waals surface area contributed by atoms with E-state index in [9.17, 15) is 4.79 Å². The van der Waals surface area contributed by atoms with Gasteiger partial charge in [0.05, 0.1) is 12.3 Å². The van der Waals surface area contributed by atoms with Crippen LogP contribution in [-0.2, 0) is 9.63 Å². The third kappa shape index (κ3) is 5.54. The number of nitrogens with one attached hydrogen (secondary N) is 1. The van der Waals surface area contributed by atoms with Gasteiger partial charge >= 0.3 is 0 Å². The third-order valence-corrected chi connectivity index (χ3v) is 3.75. The molecule has 1 N–H and O–H groups in total. The van der Waals surface area contributed by atoms with Crippen LogP contribution in [0.3, 0.4) is 0 Å². The summed E-state index contributed by atoms with van der Waals surface area (Å²) < 4.78 is 0. The van der Waals surface area contributed by atoms with Gasteiger partial charge in [0.25, 0.3) is 5.91 Å². The van der Waals surface area contributed by atoms with Crippen LogP contribution < -0.4 is 5.32 Å². The van der Waals surface area contributed by atoms with Gasteiger partial charge < -0.3 is 10.2 Å². The Labute approximate surface area is 143 Å². The van der Waals surface area contributed by atoms with Crippen LogP contribution in [0.5, 0.6) is 0 Å². The fraction of sp³-hybridized carbons (Fsp3) is 0.300. The number of oxime groups is 1. The summed E-state index contributed by atoms with van der Waals surface area (Å²) in [5.74, 6) is 0.307. The van der Waals surface area contributed by atoms with Gasteiger partial charge in [-0.1, -0.05) is 73.6 Å². The van der Waals surface area contributed by atoms with Crippen molar-refractivity contribution >= 4 is 12.1 Å². The van der Waals surface area contributed by atoms with Crippen LogP contribution in [0.4, 0.5) is 0 Å². The van der Waals surface area contributed by atoms with Gasteiger partial charge in [0.1, 0.15) is 0 Å². The summed E-state index contributed by atoms with van der Waals surface area (Å²) in [6.45, 7) is 6.15. The van der Waals surface area contributed by atoms with E-state index in [1.165, 1.54) is 5.56 Å². The minimum Gasteiger partial charge on any atom is -0.386 e. The van der Waals surface area contributed by atoms with Crippen molar-refractivity contribution in [2.75, 3.05) is 6.61 Å². The summed E-state index contributed by atoms with van der Waals surface area (Å²) in [6, 6.07) is 17.8. The molecule has 2 rings (SSSR count). The number of nitrogens with zero attached hydrogens (tertiary/aromatic N) is 1. The minimum atomic E-state index is -0.196. The first kappa shape index (κ1) is 17.7. The van der Waals surface area contributed by atoms with Crippen molar-refractivity contribution in [3.8, 4) is 0 Å². The molecule has 0 radical (unpaired) electrons. The largest absolute Gasteiger partial charge is 0.386 e. The molecule has 4 nitrogen and oxygen atoms in total. The SMILES string of the molecule is CC(C)c1ccc(/C=N\OCC(=O)N[C@@H](C)c2ccccc2)cc1. The van der Waals surface area contributed by atoms with Gasteiger partial charge in [-0.15, -0.1) is 0 Å². The highest BCUT2D eigenvalue weighted by molar-refractivity contribution is 5.80. The van der Waals surface area contributed by atoms with E-state index in [1.54, 1.807) is 6.21 Å². The Bertz CT molecular complexity index is 664. The molecule has 0 spiro atoms.